The lowest BCUT2D eigenvalue weighted by Crippen LogP contribution is -2.47. The standard InChI is InChI=1S/C28H39F2N6O8P/c1-4-40-22-20-21(33-26(31)34-22)36(16-32-20)25-27(3,38)24(29)28(30,43-25)15-41-45(39,44-19-13-9-6-10-14-19)35-17(2)23(37)42-18-11-7-5-8-12-18/h6,9-10,13-14,16-18,22,24-25,38H,4-5,7-8,11-12,15H2,1-3H3,(H,35,39)(H3,31,33,34)/t17-,22?,24-,25+,27+,28+,45?/m0/s1. The van der Waals surface area contributed by atoms with Gasteiger partial charge in [-0.25, -0.2) is 23.3 Å². The molecule has 1 aromatic heterocycles. The van der Waals surface area contributed by atoms with E-state index in [0.717, 1.165) is 39.0 Å². The summed E-state index contributed by atoms with van der Waals surface area (Å²) in [6, 6.07) is 6.63. The van der Waals surface area contributed by atoms with Crippen LogP contribution in [-0.4, -0.2) is 69.6 Å². The molecule has 0 spiro atoms. The van der Waals surface area contributed by atoms with Gasteiger partial charge in [0.05, 0.1) is 6.33 Å². The molecule has 1 aliphatic carbocycles. The van der Waals surface area contributed by atoms with Gasteiger partial charge in [-0.1, -0.05) is 24.6 Å². The van der Waals surface area contributed by atoms with Crippen molar-refractivity contribution in [3.8, 4) is 5.75 Å². The van der Waals surface area contributed by atoms with Crippen LogP contribution in [0.4, 0.5) is 14.6 Å². The number of aliphatic imine (C=N–C) groups is 1. The number of fused-ring (bicyclic) bond motifs is 1. The number of aromatic nitrogens is 2. The maximum absolute atomic E-state index is 16.3. The molecule has 0 amide bonds. The van der Waals surface area contributed by atoms with Crippen molar-refractivity contribution >= 4 is 25.5 Å². The van der Waals surface area contributed by atoms with Gasteiger partial charge < -0.3 is 34.9 Å². The molecule has 0 bridgehead atoms. The molecule has 2 unspecified atom stereocenters. The first-order valence-corrected chi connectivity index (χ1v) is 16.4. The fraction of sp³-hybridized carbons (Fsp3) is 0.607. The second-order valence-corrected chi connectivity index (χ2v) is 13.1. The molecule has 2 aromatic rings. The summed E-state index contributed by atoms with van der Waals surface area (Å²) in [4.78, 5) is 21.2. The van der Waals surface area contributed by atoms with E-state index in [1.165, 1.54) is 30.0 Å². The summed E-state index contributed by atoms with van der Waals surface area (Å²) in [5, 5.41) is 16.4. The van der Waals surface area contributed by atoms with E-state index >= 15 is 8.78 Å². The molecule has 7 atom stereocenters. The normalized spacial score (nSPS) is 30.4. The van der Waals surface area contributed by atoms with Crippen LogP contribution in [0.1, 0.15) is 71.0 Å². The number of carbonyl (C=O) groups is 1. The Bertz CT molecular complexity index is 1420. The van der Waals surface area contributed by atoms with E-state index in [1.54, 1.807) is 25.1 Å². The number of para-hydroxylation sites is 1. The van der Waals surface area contributed by atoms with E-state index < -0.39 is 56.4 Å². The molecule has 2 aliphatic heterocycles. The number of hydrogen-bond donors (Lipinski definition) is 4. The zero-order valence-corrected chi connectivity index (χ0v) is 26.1. The highest BCUT2D eigenvalue weighted by Gasteiger charge is 2.65. The first-order chi connectivity index (χ1) is 21.3. The second-order valence-electron chi connectivity index (χ2n) is 11.4. The maximum Gasteiger partial charge on any atom is 0.459 e. The number of alkyl halides is 2. The molecule has 5 N–H and O–H groups in total. The number of esters is 1. The van der Waals surface area contributed by atoms with Gasteiger partial charge in [-0.3, -0.25) is 13.9 Å². The van der Waals surface area contributed by atoms with Gasteiger partial charge in [0.2, 0.25) is 0 Å². The van der Waals surface area contributed by atoms with Crippen molar-refractivity contribution in [1.82, 2.24) is 14.6 Å². The Morgan fingerprint density at radius 1 is 1.31 bits per heavy atom. The minimum atomic E-state index is -4.59. The van der Waals surface area contributed by atoms with Crippen molar-refractivity contribution in [1.29, 1.82) is 0 Å². The molecule has 248 valence electrons. The van der Waals surface area contributed by atoms with Crippen molar-refractivity contribution in [2.75, 3.05) is 18.5 Å². The van der Waals surface area contributed by atoms with Crippen LogP contribution in [0.15, 0.2) is 41.7 Å². The lowest BCUT2D eigenvalue weighted by molar-refractivity contribution is -0.193. The number of guanidine groups is 1. The average molecular weight is 657 g/mol. The number of hydrogen-bond acceptors (Lipinski definition) is 12. The zero-order chi connectivity index (χ0) is 32.4. The lowest BCUT2D eigenvalue weighted by atomic mass is 9.96. The van der Waals surface area contributed by atoms with Gasteiger partial charge in [0.1, 0.15) is 41.6 Å². The highest BCUT2D eigenvalue weighted by molar-refractivity contribution is 7.52. The van der Waals surface area contributed by atoms with Crippen LogP contribution in [0.3, 0.4) is 0 Å². The summed E-state index contributed by atoms with van der Waals surface area (Å²) in [6.45, 7) is 3.16. The molecule has 0 radical (unpaired) electrons. The van der Waals surface area contributed by atoms with Crippen molar-refractivity contribution in [3.63, 3.8) is 0 Å². The SMILES string of the molecule is CCOC1N=C(N)Nc2c1ncn2[C@@H]1O[C@](F)(COP(=O)(N[C@@H](C)C(=O)OC2CCCCC2)Oc2ccccc2)[C@@H](F)[C@@]1(C)O. The number of anilines is 1. The van der Waals surface area contributed by atoms with Crippen molar-refractivity contribution in [2.45, 2.75) is 95.1 Å². The van der Waals surface area contributed by atoms with Crippen LogP contribution in [-0.2, 0) is 28.1 Å². The van der Waals surface area contributed by atoms with E-state index in [0.29, 0.717) is 0 Å². The fourth-order valence-electron chi connectivity index (χ4n) is 5.47. The van der Waals surface area contributed by atoms with E-state index in [4.69, 9.17) is 29.0 Å². The number of ether oxygens (including phenoxy) is 3. The van der Waals surface area contributed by atoms with Crippen molar-refractivity contribution in [2.24, 2.45) is 10.7 Å². The third-order valence-electron chi connectivity index (χ3n) is 7.78. The highest BCUT2D eigenvalue weighted by atomic mass is 31.2. The van der Waals surface area contributed by atoms with Gasteiger partial charge in [0.15, 0.2) is 24.6 Å². The summed E-state index contributed by atoms with van der Waals surface area (Å²) in [7, 11) is -4.59. The molecule has 3 aliphatic rings. The number of nitrogens with one attached hydrogen (secondary N) is 2. The Morgan fingerprint density at radius 2 is 2.02 bits per heavy atom. The Kier molecular flexibility index (Phi) is 9.82. The largest absolute Gasteiger partial charge is 0.461 e. The quantitative estimate of drug-likeness (QED) is 0.191. The molecule has 2 fully saturated rings. The predicted octanol–water partition coefficient (Wildman–Crippen LogP) is 4.00. The number of aliphatic hydroxyl groups is 1. The van der Waals surface area contributed by atoms with Crippen LogP contribution in [0, 0.1) is 0 Å². The van der Waals surface area contributed by atoms with Crippen LogP contribution in [0.5, 0.6) is 5.75 Å². The van der Waals surface area contributed by atoms with Crippen molar-refractivity contribution < 1.29 is 46.5 Å². The molecular formula is C28H39F2N6O8P. The fourth-order valence-corrected chi connectivity index (χ4v) is 6.98. The monoisotopic (exact) mass is 656 g/mol. The number of carbonyl (C=O) groups excluding carboxylic acids is 1. The number of rotatable bonds is 12. The third kappa shape index (κ3) is 7.16. The highest BCUT2D eigenvalue weighted by Crippen LogP contribution is 2.52. The number of imidazole rings is 1. The first kappa shape index (κ1) is 33.2. The molecule has 1 aromatic carbocycles. The van der Waals surface area contributed by atoms with E-state index in [2.05, 4.69) is 20.4 Å². The Morgan fingerprint density at radius 3 is 2.71 bits per heavy atom. The number of halogens is 2. The first-order valence-electron chi connectivity index (χ1n) is 14.8. The molecule has 45 heavy (non-hydrogen) atoms. The summed E-state index contributed by atoms with van der Waals surface area (Å²) in [6.07, 6.45) is -0.0115. The summed E-state index contributed by atoms with van der Waals surface area (Å²) >= 11 is 0. The van der Waals surface area contributed by atoms with Gasteiger partial charge in [0.25, 0.3) is 5.85 Å². The number of nitrogens with zero attached hydrogens (tertiary/aromatic N) is 3. The van der Waals surface area contributed by atoms with E-state index in [1.807, 2.05) is 0 Å². The van der Waals surface area contributed by atoms with Crippen LogP contribution < -0.4 is 20.7 Å². The molecular weight excluding hydrogens is 617 g/mol. The number of benzene rings is 1. The second kappa shape index (κ2) is 13.3. The van der Waals surface area contributed by atoms with E-state index in [9.17, 15) is 14.5 Å². The van der Waals surface area contributed by atoms with Gasteiger partial charge in [-0.05, 0) is 58.6 Å². The van der Waals surface area contributed by atoms with Gasteiger partial charge in [-0.2, -0.15) is 5.09 Å². The number of nitrogens with two attached hydrogens (primary N) is 1. The van der Waals surface area contributed by atoms with Crippen molar-refractivity contribution in [3.05, 3.63) is 42.4 Å². The Hall–Kier alpha value is -3.14. The molecule has 3 heterocycles. The van der Waals surface area contributed by atoms with Crippen LogP contribution >= 0.6 is 7.75 Å². The molecule has 5 rings (SSSR count). The van der Waals surface area contributed by atoms with E-state index in [-0.39, 0.29) is 35.9 Å². The maximum atomic E-state index is 16.3. The Balaban J connectivity index is 1.34. The minimum absolute atomic E-state index is 0.0480. The molecule has 14 nitrogen and oxygen atoms in total. The van der Waals surface area contributed by atoms with Gasteiger partial charge >= 0.3 is 13.7 Å². The summed E-state index contributed by atoms with van der Waals surface area (Å²) in [5.74, 6) is -3.86. The molecule has 1 saturated heterocycles. The van der Waals surface area contributed by atoms with Gasteiger partial charge in [-0.15, -0.1) is 0 Å². The summed E-state index contributed by atoms with van der Waals surface area (Å²) < 4.78 is 74.7. The average Bonchev–Trinajstić information content (AvgIpc) is 3.50. The van der Waals surface area contributed by atoms with Crippen LogP contribution in [0.2, 0.25) is 0 Å². The third-order valence-corrected chi connectivity index (χ3v) is 9.40. The summed E-state index contributed by atoms with van der Waals surface area (Å²) in [5.41, 5.74) is 3.66. The lowest BCUT2D eigenvalue weighted by Gasteiger charge is -2.28. The van der Waals surface area contributed by atoms with Crippen LogP contribution in [0.25, 0.3) is 0 Å². The Labute approximate surface area is 259 Å². The smallest absolute Gasteiger partial charge is 0.459 e. The molecule has 1 saturated carbocycles. The predicted molar refractivity (Wildman–Crippen MR) is 158 cm³/mol. The topological polar surface area (TPSA) is 181 Å². The minimum Gasteiger partial charge on any atom is -0.461 e. The van der Waals surface area contributed by atoms with Gasteiger partial charge in [0, 0.05) is 6.61 Å². The zero-order valence-electron chi connectivity index (χ0n) is 25.2. The molecule has 17 heteroatoms.